The molecule has 0 bridgehead atoms. The third-order valence-corrected chi connectivity index (χ3v) is 3.11. The number of anilines is 1. The minimum atomic E-state index is -4.73. The number of nitro groups is 1. The maximum absolute atomic E-state index is 13.0. The van der Waals surface area contributed by atoms with Crippen molar-refractivity contribution in [1.82, 2.24) is 5.43 Å². The maximum atomic E-state index is 13.0. The van der Waals surface area contributed by atoms with Gasteiger partial charge in [0, 0.05) is 17.7 Å². The highest BCUT2D eigenvalue weighted by Gasteiger charge is 2.34. The van der Waals surface area contributed by atoms with Crippen LogP contribution in [0, 0.1) is 21.4 Å². The normalized spacial score (nSPS) is 10.6. The first kappa shape index (κ1) is 17.7. The van der Waals surface area contributed by atoms with Gasteiger partial charge in [0.25, 0.3) is 11.6 Å². The average molecular weight is 350 g/mol. The Hall–Kier alpha value is -3.61. The number of hydrogen-bond donors (Lipinski definition) is 2. The number of rotatable bonds is 4. The van der Waals surface area contributed by atoms with Gasteiger partial charge >= 0.3 is 6.18 Å². The number of nitriles is 1. The number of carbonyl (C=O) groups is 1. The van der Waals surface area contributed by atoms with Crippen molar-refractivity contribution in [2.45, 2.75) is 6.18 Å². The highest BCUT2D eigenvalue weighted by Crippen LogP contribution is 2.35. The van der Waals surface area contributed by atoms with Gasteiger partial charge < -0.3 is 0 Å². The summed E-state index contributed by atoms with van der Waals surface area (Å²) in [5, 5.41) is 19.2. The van der Waals surface area contributed by atoms with Crippen LogP contribution in [0.3, 0.4) is 0 Å². The summed E-state index contributed by atoms with van der Waals surface area (Å²) in [5.41, 5.74) is 2.27. The summed E-state index contributed by atoms with van der Waals surface area (Å²) in [4.78, 5) is 21.8. The van der Waals surface area contributed by atoms with Crippen LogP contribution in [0.4, 0.5) is 24.5 Å². The lowest BCUT2D eigenvalue weighted by Gasteiger charge is -2.15. The molecule has 0 saturated carbocycles. The van der Waals surface area contributed by atoms with E-state index in [2.05, 4.69) is 10.9 Å². The Morgan fingerprint density at radius 2 is 1.80 bits per heavy atom. The van der Waals surface area contributed by atoms with Gasteiger partial charge in [0.1, 0.15) is 0 Å². The number of halogens is 3. The van der Waals surface area contributed by atoms with Crippen LogP contribution in [0.15, 0.2) is 42.5 Å². The molecular formula is C15H9F3N4O3. The number of non-ortho nitro benzene ring substituents is 1. The smallest absolute Gasteiger partial charge is 0.298 e. The lowest BCUT2D eigenvalue weighted by atomic mass is 10.1. The van der Waals surface area contributed by atoms with Gasteiger partial charge in [-0.2, -0.15) is 18.4 Å². The highest BCUT2D eigenvalue weighted by molar-refractivity contribution is 5.95. The molecule has 2 N–H and O–H groups in total. The summed E-state index contributed by atoms with van der Waals surface area (Å²) < 4.78 is 39.0. The Morgan fingerprint density at radius 1 is 1.16 bits per heavy atom. The maximum Gasteiger partial charge on any atom is 0.418 e. The van der Waals surface area contributed by atoms with Crippen molar-refractivity contribution < 1.29 is 22.9 Å². The van der Waals surface area contributed by atoms with Crippen molar-refractivity contribution in [1.29, 1.82) is 5.26 Å². The molecule has 0 unspecified atom stereocenters. The fourth-order valence-electron chi connectivity index (χ4n) is 1.89. The van der Waals surface area contributed by atoms with Crippen LogP contribution < -0.4 is 10.9 Å². The van der Waals surface area contributed by atoms with Crippen molar-refractivity contribution in [3.8, 4) is 6.07 Å². The second-order valence-electron chi connectivity index (χ2n) is 4.75. The van der Waals surface area contributed by atoms with Gasteiger partial charge in [0.2, 0.25) is 0 Å². The molecule has 2 rings (SSSR count). The zero-order valence-corrected chi connectivity index (χ0v) is 12.3. The summed E-state index contributed by atoms with van der Waals surface area (Å²) in [6.45, 7) is 0. The molecule has 0 saturated heterocycles. The minimum absolute atomic E-state index is 0.0142. The molecule has 0 aliphatic carbocycles. The summed E-state index contributed by atoms with van der Waals surface area (Å²) >= 11 is 0. The van der Waals surface area contributed by atoms with Crippen LogP contribution in [-0.4, -0.2) is 10.8 Å². The SMILES string of the molecule is N#Cc1ccc(NNC(=O)c2ccc([N+](=O)[O-])cc2)c(C(F)(F)F)c1. The van der Waals surface area contributed by atoms with E-state index < -0.39 is 28.3 Å². The molecule has 0 fully saturated rings. The molecule has 0 aromatic heterocycles. The molecule has 7 nitrogen and oxygen atoms in total. The number of amides is 1. The highest BCUT2D eigenvalue weighted by atomic mass is 19.4. The Kier molecular flexibility index (Phi) is 4.88. The molecule has 2 aromatic rings. The van der Waals surface area contributed by atoms with Gasteiger partial charge in [-0.3, -0.25) is 25.8 Å². The van der Waals surface area contributed by atoms with Gasteiger partial charge in [0.15, 0.2) is 0 Å². The molecule has 0 atom stereocenters. The molecule has 10 heteroatoms. The van der Waals surface area contributed by atoms with Gasteiger partial charge in [-0.25, -0.2) is 0 Å². The largest absolute Gasteiger partial charge is 0.418 e. The Labute approximate surface area is 138 Å². The molecule has 0 aliphatic heterocycles. The summed E-state index contributed by atoms with van der Waals surface area (Å²) in [6.07, 6.45) is -4.73. The number of nitro benzene ring substituents is 1. The third-order valence-electron chi connectivity index (χ3n) is 3.11. The number of hydrogen-bond acceptors (Lipinski definition) is 5. The van der Waals surface area contributed by atoms with Crippen LogP contribution in [0.2, 0.25) is 0 Å². The van der Waals surface area contributed by atoms with Crippen molar-refractivity contribution in [2.75, 3.05) is 5.43 Å². The van der Waals surface area contributed by atoms with Gasteiger partial charge in [-0.05, 0) is 30.3 Å². The van der Waals surface area contributed by atoms with E-state index in [1.54, 1.807) is 6.07 Å². The Balaban J connectivity index is 2.17. The lowest BCUT2D eigenvalue weighted by Crippen LogP contribution is -2.30. The van der Waals surface area contributed by atoms with Crippen molar-refractivity contribution in [2.24, 2.45) is 0 Å². The average Bonchev–Trinajstić information content (AvgIpc) is 2.58. The van der Waals surface area contributed by atoms with Crippen LogP contribution >= 0.6 is 0 Å². The Morgan fingerprint density at radius 3 is 2.32 bits per heavy atom. The molecule has 0 spiro atoms. The number of hydrazine groups is 1. The number of nitrogens with zero attached hydrogens (tertiary/aromatic N) is 2. The summed E-state index contributed by atoms with van der Waals surface area (Å²) in [6, 6.07) is 8.95. The molecule has 0 radical (unpaired) electrons. The third kappa shape index (κ3) is 4.23. The first-order valence-electron chi connectivity index (χ1n) is 6.64. The second-order valence-corrected chi connectivity index (χ2v) is 4.75. The van der Waals surface area contributed by atoms with Crippen molar-refractivity contribution in [3.63, 3.8) is 0 Å². The topological polar surface area (TPSA) is 108 Å². The van der Waals surface area contributed by atoms with Crippen LogP contribution in [0.25, 0.3) is 0 Å². The Bertz CT molecular complexity index is 858. The van der Waals surface area contributed by atoms with Crippen LogP contribution in [0.1, 0.15) is 21.5 Å². The van der Waals surface area contributed by atoms with Gasteiger partial charge in [-0.15, -0.1) is 0 Å². The number of alkyl halides is 3. The standard InChI is InChI=1S/C15H9F3N4O3/c16-15(17,18)12-7-9(8-19)1-6-13(12)20-21-14(23)10-2-4-11(5-3-10)22(24)25/h1-7,20H,(H,21,23). The molecular weight excluding hydrogens is 341 g/mol. The van der Waals surface area contributed by atoms with E-state index in [-0.39, 0.29) is 16.8 Å². The predicted octanol–water partition coefficient (Wildman–Crippen LogP) is 3.24. The fraction of sp³-hybridized carbons (Fsp3) is 0.0667. The van der Waals surface area contributed by atoms with E-state index in [4.69, 9.17) is 5.26 Å². The van der Waals surface area contributed by atoms with Crippen LogP contribution in [-0.2, 0) is 6.18 Å². The first-order chi connectivity index (χ1) is 11.7. The number of nitrogens with one attached hydrogen (secondary N) is 2. The van der Waals surface area contributed by atoms with E-state index in [0.29, 0.717) is 6.07 Å². The predicted molar refractivity (Wildman–Crippen MR) is 80.3 cm³/mol. The summed E-state index contributed by atoms with van der Waals surface area (Å²) in [7, 11) is 0. The van der Waals surface area contributed by atoms with E-state index in [0.717, 1.165) is 24.3 Å². The summed E-state index contributed by atoms with van der Waals surface area (Å²) in [5.74, 6) is -0.785. The van der Waals surface area contributed by atoms with Gasteiger partial charge in [-0.1, -0.05) is 0 Å². The molecule has 0 heterocycles. The number of carbonyl (C=O) groups excluding carboxylic acids is 1. The van der Waals surface area contributed by atoms with E-state index in [9.17, 15) is 28.1 Å². The molecule has 25 heavy (non-hydrogen) atoms. The minimum Gasteiger partial charge on any atom is -0.298 e. The number of benzene rings is 2. The van der Waals surface area contributed by atoms with Gasteiger partial charge in [0.05, 0.1) is 27.8 Å². The first-order valence-corrected chi connectivity index (χ1v) is 6.64. The zero-order valence-electron chi connectivity index (χ0n) is 12.3. The van der Waals surface area contributed by atoms with Crippen LogP contribution in [0.5, 0.6) is 0 Å². The second kappa shape index (κ2) is 6.88. The van der Waals surface area contributed by atoms with Crippen molar-refractivity contribution in [3.05, 3.63) is 69.3 Å². The zero-order chi connectivity index (χ0) is 18.6. The quantitative estimate of drug-likeness (QED) is 0.650. The van der Waals surface area contributed by atoms with E-state index in [1.165, 1.54) is 12.1 Å². The molecule has 1 amide bonds. The van der Waals surface area contributed by atoms with E-state index >= 15 is 0 Å². The van der Waals surface area contributed by atoms with Crippen molar-refractivity contribution >= 4 is 17.3 Å². The lowest BCUT2D eigenvalue weighted by molar-refractivity contribution is -0.384. The molecule has 128 valence electrons. The van der Waals surface area contributed by atoms with E-state index in [1.807, 2.05) is 0 Å². The fourth-order valence-corrected chi connectivity index (χ4v) is 1.89. The monoisotopic (exact) mass is 350 g/mol. The molecule has 2 aromatic carbocycles. The molecule has 0 aliphatic rings.